The third kappa shape index (κ3) is 1.34. The molecule has 15 heavy (non-hydrogen) atoms. The molecule has 74 valence electrons. The number of nitrogens with zero attached hydrogens (tertiary/aromatic N) is 1. The predicted octanol–water partition coefficient (Wildman–Crippen LogP) is 2.70. The molecule has 0 fully saturated rings. The van der Waals surface area contributed by atoms with Gasteiger partial charge in [-0.2, -0.15) is 0 Å². The summed E-state index contributed by atoms with van der Waals surface area (Å²) in [5.41, 5.74) is 3.12. The summed E-state index contributed by atoms with van der Waals surface area (Å²) in [6.07, 6.45) is 1.77. The Morgan fingerprint density at radius 1 is 1.33 bits per heavy atom. The largest absolute Gasteiger partial charge is 0.488 e. The van der Waals surface area contributed by atoms with E-state index in [0.29, 0.717) is 11.4 Å². The quantitative estimate of drug-likeness (QED) is 0.688. The molecule has 0 unspecified atom stereocenters. The maximum Gasteiger partial charge on any atom is 0.197 e. The van der Waals surface area contributed by atoms with Crippen LogP contribution in [0.4, 0.5) is 0 Å². The smallest absolute Gasteiger partial charge is 0.197 e. The van der Waals surface area contributed by atoms with Gasteiger partial charge in [0.25, 0.3) is 0 Å². The SMILES string of the molecule is S=c1ncc2c([nH]1)-c1ccccc1OC2. The number of rotatable bonds is 0. The third-order valence-electron chi connectivity index (χ3n) is 2.43. The van der Waals surface area contributed by atoms with Gasteiger partial charge in [-0.05, 0) is 24.4 Å². The zero-order chi connectivity index (χ0) is 10.3. The summed E-state index contributed by atoms with van der Waals surface area (Å²) in [6, 6.07) is 7.91. The highest BCUT2D eigenvalue weighted by atomic mass is 32.1. The van der Waals surface area contributed by atoms with Crippen LogP contribution in [0.2, 0.25) is 0 Å². The lowest BCUT2D eigenvalue weighted by Gasteiger charge is -2.19. The van der Waals surface area contributed by atoms with E-state index in [9.17, 15) is 0 Å². The van der Waals surface area contributed by atoms with Crippen molar-refractivity contribution in [3.63, 3.8) is 0 Å². The Balaban J connectivity index is 2.33. The molecule has 1 aliphatic heterocycles. The summed E-state index contributed by atoms with van der Waals surface area (Å²) in [5.74, 6) is 0.891. The van der Waals surface area contributed by atoms with Gasteiger partial charge >= 0.3 is 0 Å². The number of hydrogen-bond acceptors (Lipinski definition) is 3. The van der Waals surface area contributed by atoms with Crippen LogP contribution in [0.5, 0.6) is 5.75 Å². The minimum atomic E-state index is 0.505. The second-order valence-electron chi connectivity index (χ2n) is 3.37. The van der Waals surface area contributed by atoms with E-state index in [2.05, 4.69) is 9.97 Å². The number of hydrogen-bond donors (Lipinski definition) is 1. The number of para-hydroxylation sites is 1. The molecule has 0 bridgehead atoms. The monoisotopic (exact) mass is 216 g/mol. The maximum atomic E-state index is 5.60. The first-order valence-corrected chi connectivity index (χ1v) is 5.06. The van der Waals surface area contributed by atoms with Crippen LogP contribution in [0, 0.1) is 4.77 Å². The van der Waals surface area contributed by atoms with Crippen LogP contribution in [-0.2, 0) is 6.61 Å². The van der Waals surface area contributed by atoms with E-state index in [4.69, 9.17) is 17.0 Å². The van der Waals surface area contributed by atoms with Crippen molar-refractivity contribution in [2.45, 2.75) is 6.61 Å². The molecule has 4 heteroatoms. The molecule has 0 amide bonds. The lowest BCUT2D eigenvalue weighted by molar-refractivity contribution is 0.301. The molecular weight excluding hydrogens is 208 g/mol. The molecule has 3 nitrogen and oxygen atoms in total. The van der Waals surface area contributed by atoms with Crippen LogP contribution in [0.15, 0.2) is 30.5 Å². The highest BCUT2D eigenvalue weighted by molar-refractivity contribution is 7.71. The van der Waals surface area contributed by atoms with E-state index < -0.39 is 0 Å². The molecule has 1 aliphatic rings. The first kappa shape index (κ1) is 8.61. The molecule has 3 rings (SSSR count). The van der Waals surface area contributed by atoms with Gasteiger partial charge in [-0.1, -0.05) is 12.1 Å². The molecule has 0 saturated carbocycles. The summed E-state index contributed by atoms with van der Waals surface area (Å²) in [6.45, 7) is 0.547. The van der Waals surface area contributed by atoms with E-state index >= 15 is 0 Å². The standard InChI is InChI=1S/C11H8N2OS/c15-11-12-5-7-6-14-9-4-2-1-3-8(9)10(7)13-11/h1-5H,6H2,(H,12,13,15). The van der Waals surface area contributed by atoms with Crippen LogP contribution in [0.1, 0.15) is 5.56 Å². The fourth-order valence-electron chi connectivity index (χ4n) is 1.72. The average molecular weight is 216 g/mol. The van der Waals surface area contributed by atoms with Crippen molar-refractivity contribution in [1.82, 2.24) is 9.97 Å². The molecule has 1 aromatic heterocycles. The van der Waals surface area contributed by atoms with Crippen molar-refractivity contribution < 1.29 is 4.74 Å². The molecule has 0 spiro atoms. The number of nitrogens with one attached hydrogen (secondary N) is 1. The first-order valence-electron chi connectivity index (χ1n) is 4.65. The lowest BCUT2D eigenvalue weighted by atomic mass is 10.0. The van der Waals surface area contributed by atoms with Crippen molar-refractivity contribution in [2.75, 3.05) is 0 Å². The van der Waals surface area contributed by atoms with Crippen LogP contribution in [0.3, 0.4) is 0 Å². The van der Waals surface area contributed by atoms with Gasteiger partial charge in [0.05, 0.1) is 5.69 Å². The predicted molar refractivity (Wildman–Crippen MR) is 59.2 cm³/mol. The molecule has 2 aromatic rings. The minimum absolute atomic E-state index is 0.505. The summed E-state index contributed by atoms with van der Waals surface area (Å²) in [7, 11) is 0. The normalized spacial score (nSPS) is 12.5. The molecular formula is C11H8N2OS. The fraction of sp³-hybridized carbons (Fsp3) is 0.0909. The Kier molecular flexibility index (Phi) is 1.82. The number of aromatic nitrogens is 2. The highest BCUT2D eigenvalue weighted by Gasteiger charge is 2.16. The van der Waals surface area contributed by atoms with Crippen molar-refractivity contribution >= 4 is 12.2 Å². The summed E-state index contributed by atoms with van der Waals surface area (Å²) in [4.78, 5) is 7.15. The zero-order valence-corrected chi connectivity index (χ0v) is 8.67. The Morgan fingerprint density at radius 3 is 3.13 bits per heavy atom. The number of ether oxygens (including phenoxy) is 1. The summed E-state index contributed by atoms with van der Waals surface area (Å²) in [5, 5.41) is 0. The number of aromatic amines is 1. The summed E-state index contributed by atoms with van der Waals surface area (Å²) < 4.78 is 6.10. The Hall–Kier alpha value is -1.68. The van der Waals surface area contributed by atoms with E-state index in [1.807, 2.05) is 24.3 Å². The van der Waals surface area contributed by atoms with Gasteiger partial charge in [-0.3, -0.25) is 0 Å². The molecule has 0 saturated heterocycles. The van der Waals surface area contributed by atoms with Gasteiger partial charge in [-0.25, -0.2) is 4.98 Å². The molecule has 0 atom stereocenters. The third-order valence-corrected chi connectivity index (χ3v) is 2.64. The number of benzene rings is 1. The number of H-pyrrole nitrogens is 1. The highest BCUT2D eigenvalue weighted by Crippen LogP contribution is 2.34. The second kappa shape index (κ2) is 3.17. The molecule has 0 aliphatic carbocycles. The van der Waals surface area contributed by atoms with Crippen molar-refractivity contribution in [1.29, 1.82) is 0 Å². The Bertz CT molecular complexity index is 577. The average Bonchev–Trinajstić information content (AvgIpc) is 2.29. The number of fused-ring (bicyclic) bond motifs is 3. The van der Waals surface area contributed by atoms with Crippen molar-refractivity contribution in [3.05, 3.63) is 40.8 Å². The first-order chi connectivity index (χ1) is 7.34. The van der Waals surface area contributed by atoms with Crippen molar-refractivity contribution in [2.24, 2.45) is 0 Å². The van der Waals surface area contributed by atoms with E-state index in [-0.39, 0.29) is 0 Å². The van der Waals surface area contributed by atoms with Gasteiger partial charge in [0.1, 0.15) is 12.4 Å². The topological polar surface area (TPSA) is 37.9 Å². The van der Waals surface area contributed by atoms with Gasteiger partial charge in [0.2, 0.25) is 0 Å². The van der Waals surface area contributed by atoms with E-state index in [0.717, 1.165) is 22.6 Å². The van der Waals surface area contributed by atoms with Gasteiger partial charge in [0, 0.05) is 17.3 Å². The lowest BCUT2D eigenvalue weighted by Crippen LogP contribution is -2.07. The van der Waals surface area contributed by atoms with Gasteiger partial charge in [-0.15, -0.1) is 0 Å². The van der Waals surface area contributed by atoms with Crippen molar-refractivity contribution in [3.8, 4) is 17.0 Å². The summed E-state index contributed by atoms with van der Waals surface area (Å²) >= 11 is 5.02. The Labute approximate surface area is 91.8 Å². The van der Waals surface area contributed by atoms with Crippen LogP contribution >= 0.6 is 12.2 Å². The Morgan fingerprint density at radius 2 is 2.20 bits per heavy atom. The molecule has 1 aromatic carbocycles. The second-order valence-corrected chi connectivity index (χ2v) is 3.76. The minimum Gasteiger partial charge on any atom is -0.488 e. The van der Waals surface area contributed by atoms with Gasteiger partial charge < -0.3 is 9.72 Å². The van der Waals surface area contributed by atoms with Crippen LogP contribution in [0.25, 0.3) is 11.3 Å². The van der Waals surface area contributed by atoms with Crippen LogP contribution in [-0.4, -0.2) is 9.97 Å². The van der Waals surface area contributed by atoms with E-state index in [1.165, 1.54) is 0 Å². The fourth-order valence-corrected chi connectivity index (χ4v) is 1.88. The molecule has 0 radical (unpaired) electrons. The van der Waals surface area contributed by atoms with Gasteiger partial charge in [0.15, 0.2) is 4.77 Å². The maximum absolute atomic E-state index is 5.60. The van der Waals surface area contributed by atoms with Crippen LogP contribution < -0.4 is 4.74 Å². The zero-order valence-electron chi connectivity index (χ0n) is 7.86. The molecule has 1 N–H and O–H groups in total. The molecule has 2 heterocycles. The van der Waals surface area contributed by atoms with E-state index in [1.54, 1.807) is 6.20 Å².